The average molecular weight is 363 g/mol. The van der Waals surface area contributed by atoms with Crippen LogP contribution in [-0.2, 0) is 26.9 Å². The smallest absolute Gasteiger partial charge is 0.256 e. The molecule has 0 spiro atoms. The van der Waals surface area contributed by atoms with E-state index in [0.29, 0.717) is 28.4 Å². The van der Waals surface area contributed by atoms with Crippen LogP contribution >= 0.6 is 0 Å². The van der Waals surface area contributed by atoms with E-state index >= 15 is 0 Å². The average Bonchev–Trinajstić information content (AvgIpc) is 3.00. The van der Waals surface area contributed by atoms with Crippen LogP contribution in [0.5, 0.6) is 5.75 Å². The van der Waals surface area contributed by atoms with Crippen LogP contribution in [0.25, 0.3) is 0 Å². The second-order valence-electron chi connectivity index (χ2n) is 7.07. The Kier molecular flexibility index (Phi) is 4.10. The number of nitrogens with one attached hydrogen (secondary N) is 1. The largest absolute Gasteiger partial charge is 0.497 e. The molecule has 2 aromatic rings. The molecule has 8 heteroatoms. The first-order valence-corrected chi connectivity index (χ1v) is 9.70. The number of sulfone groups is 1. The van der Waals surface area contributed by atoms with Gasteiger partial charge in [0.25, 0.3) is 5.91 Å². The number of nitrogens with zero attached hydrogens (tertiary/aromatic N) is 2. The molecule has 1 N–H and O–H groups in total. The topological polar surface area (TPSA) is 90.3 Å². The fourth-order valence-electron chi connectivity index (χ4n) is 2.80. The van der Waals surface area contributed by atoms with Gasteiger partial charge in [0.05, 0.1) is 29.8 Å². The van der Waals surface area contributed by atoms with Gasteiger partial charge in [0.15, 0.2) is 9.84 Å². The van der Waals surface area contributed by atoms with E-state index in [0.717, 1.165) is 0 Å². The molecule has 0 atom stereocenters. The van der Waals surface area contributed by atoms with E-state index in [4.69, 9.17) is 4.74 Å². The maximum Gasteiger partial charge on any atom is 0.256 e. The van der Waals surface area contributed by atoms with E-state index in [2.05, 4.69) is 10.4 Å². The standard InChI is InChI=1S/C17H21N3O4S/c1-17(2,3)20-15(13-9-25(22,23)10-14(13)19-20)18-16(21)11-6-5-7-12(8-11)24-4/h5-8H,9-10H2,1-4H3,(H,18,21). The second kappa shape index (κ2) is 5.87. The maximum atomic E-state index is 12.7. The highest BCUT2D eigenvalue weighted by molar-refractivity contribution is 7.90. The lowest BCUT2D eigenvalue weighted by Crippen LogP contribution is -2.27. The van der Waals surface area contributed by atoms with Gasteiger partial charge >= 0.3 is 0 Å². The van der Waals surface area contributed by atoms with Crippen molar-refractivity contribution in [2.24, 2.45) is 0 Å². The lowest BCUT2D eigenvalue weighted by molar-refractivity contribution is 0.102. The Balaban J connectivity index is 2.00. The Morgan fingerprint density at radius 1 is 1.28 bits per heavy atom. The third-order valence-corrected chi connectivity index (χ3v) is 5.43. The molecular formula is C17H21N3O4S. The molecule has 1 aromatic carbocycles. The normalized spacial score (nSPS) is 15.7. The summed E-state index contributed by atoms with van der Waals surface area (Å²) in [6.45, 7) is 5.85. The van der Waals surface area contributed by atoms with Crippen LogP contribution in [0.2, 0.25) is 0 Å². The number of amides is 1. The highest BCUT2D eigenvalue weighted by atomic mass is 32.2. The molecule has 0 radical (unpaired) electrons. The summed E-state index contributed by atoms with van der Waals surface area (Å²) in [7, 11) is -1.67. The summed E-state index contributed by atoms with van der Waals surface area (Å²) in [5.41, 5.74) is 1.11. The molecule has 25 heavy (non-hydrogen) atoms. The van der Waals surface area contributed by atoms with Gasteiger partial charge in [0.2, 0.25) is 0 Å². The van der Waals surface area contributed by atoms with Crippen LogP contribution in [0, 0.1) is 0 Å². The van der Waals surface area contributed by atoms with E-state index in [-0.39, 0.29) is 17.4 Å². The third-order valence-electron chi connectivity index (χ3n) is 3.99. The number of hydrogen-bond donors (Lipinski definition) is 1. The van der Waals surface area contributed by atoms with Crippen molar-refractivity contribution in [3.63, 3.8) is 0 Å². The molecule has 0 bridgehead atoms. The fourth-order valence-corrected chi connectivity index (χ4v) is 4.29. The minimum Gasteiger partial charge on any atom is -0.497 e. The lowest BCUT2D eigenvalue weighted by Gasteiger charge is -2.23. The zero-order valence-corrected chi connectivity index (χ0v) is 15.5. The lowest BCUT2D eigenvalue weighted by atomic mass is 10.1. The van der Waals surface area contributed by atoms with Gasteiger partial charge in [-0.15, -0.1) is 0 Å². The van der Waals surface area contributed by atoms with Crippen molar-refractivity contribution in [1.29, 1.82) is 0 Å². The fraction of sp³-hybridized carbons (Fsp3) is 0.412. The molecule has 1 amide bonds. The van der Waals surface area contributed by atoms with Crippen LogP contribution in [0.3, 0.4) is 0 Å². The number of methoxy groups -OCH3 is 1. The second-order valence-corrected chi connectivity index (χ2v) is 9.14. The summed E-state index contributed by atoms with van der Waals surface area (Å²) in [6.07, 6.45) is 0. The summed E-state index contributed by atoms with van der Waals surface area (Å²) in [6, 6.07) is 6.78. The van der Waals surface area contributed by atoms with E-state index in [1.807, 2.05) is 20.8 Å². The Hall–Kier alpha value is -2.35. The molecule has 134 valence electrons. The van der Waals surface area contributed by atoms with Gasteiger partial charge in [0, 0.05) is 11.1 Å². The zero-order chi connectivity index (χ0) is 18.4. The monoisotopic (exact) mass is 363 g/mol. The minimum absolute atomic E-state index is 0.0898. The SMILES string of the molecule is COc1cccc(C(=O)Nc2c3c(nn2C(C)(C)C)CS(=O)(=O)C3)c1. The summed E-state index contributed by atoms with van der Waals surface area (Å²) in [5, 5.41) is 7.28. The van der Waals surface area contributed by atoms with Crippen molar-refractivity contribution < 1.29 is 17.9 Å². The zero-order valence-electron chi connectivity index (χ0n) is 14.7. The minimum atomic E-state index is -3.21. The van der Waals surface area contributed by atoms with Crippen molar-refractivity contribution in [2.45, 2.75) is 37.8 Å². The Labute approximate surface area is 146 Å². The van der Waals surface area contributed by atoms with Crippen molar-refractivity contribution in [1.82, 2.24) is 9.78 Å². The molecule has 1 aliphatic heterocycles. The number of fused-ring (bicyclic) bond motifs is 1. The molecule has 3 rings (SSSR count). The molecule has 0 aliphatic carbocycles. The van der Waals surface area contributed by atoms with Crippen LogP contribution < -0.4 is 10.1 Å². The van der Waals surface area contributed by atoms with Gasteiger partial charge in [-0.05, 0) is 39.0 Å². The molecule has 1 aliphatic rings. The summed E-state index contributed by atoms with van der Waals surface area (Å²) in [5.74, 6) is 0.483. The Morgan fingerprint density at radius 3 is 2.64 bits per heavy atom. The van der Waals surface area contributed by atoms with E-state index in [1.165, 1.54) is 7.11 Å². The number of ether oxygens (including phenoxy) is 1. The molecule has 2 heterocycles. The number of anilines is 1. The third kappa shape index (κ3) is 3.39. The summed E-state index contributed by atoms with van der Waals surface area (Å²) >= 11 is 0. The van der Waals surface area contributed by atoms with E-state index < -0.39 is 15.4 Å². The van der Waals surface area contributed by atoms with Gasteiger partial charge in [-0.2, -0.15) is 5.10 Å². The van der Waals surface area contributed by atoms with Crippen molar-refractivity contribution in [3.05, 3.63) is 41.1 Å². The van der Waals surface area contributed by atoms with Crippen molar-refractivity contribution in [2.75, 3.05) is 12.4 Å². The summed E-state index contributed by atoms with van der Waals surface area (Å²) in [4.78, 5) is 12.7. The van der Waals surface area contributed by atoms with Crippen molar-refractivity contribution in [3.8, 4) is 5.75 Å². The maximum absolute atomic E-state index is 12.7. The molecule has 0 saturated heterocycles. The number of carbonyl (C=O) groups is 1. The Bertz CT molecular complexity index is 939. The molecule has 0 saturated carbocycles. The molecule has 1 aromatic heterocycles. The molecule has 7 nitrogen and oxygen atoms in total. The van der Waals surface area contributed by atoms with Gasteiger partial charge in [0.1, 0.15) is 11.6 Å². The van der Waals surface area contributed by atoms with E-state index in [1.54, 1.807) is 28.9 Å². The number of carbonyl (C=O) groups excluding carboxylic acids is 1. The van der Waals surface area contributed by atoms with Crippen molar-refractivity contribution >= 4 is 21.6 Å². The molecule has 0 fully saturated rings. The van der Waals surface area contributed by atoms with Gasteiger partial charge in [-0.25, -0.2) is 13.1 Å². The number of hydrogen-bond acceptors (Lipinski definition) is 5. The number of aromatic nitrogens is 2. The summed E-state index contributed by atoms with van der Waals surface area (Å²) < 4.78 is 30.7. The van der Waals surface area contributed by atoms with E-state index in [9.17, 15) is 13.2 Å². The van der Waals surface area contributed by atoms with Gasteiger partial charge in [-0.3, -0.25) is 4.79 Å². The van der Waals surface area contributed by atoms with Crippen LogP contribution in [0.4, 0.5) is 5.82 Å². The first kappa shape index (κ1) is 17.5. The van der Waals surface area contributed by atoms with Gasteiger partial charge in [-0.1, -0.05) is 6.07 Å². The molecular weight excluding hydrogens is 342 g/mol. The predicted molar refractivity (Wildman–Crippen MR) is 94.5 cm³/mol. The van der Waals surface area contributed by atoms with Gasteiger partial charge < -0.3 is 10.1 Å². The predicted octanol–water partition coefficient (Wildman–Crippen LogP) is 2.33. The first-order valence-electron chi connectivity index (χ1n) is 7.88. The quantitative estimate of drug-likeness (QED) is 0.904. The van der Waals surface area contributed by atoms with Crippen LogP contribution in [0.15, 0.2) is 24.3 Å². The van der Waals surface area contributed by atoms with Crippen LogP contribution in [-0.4, -0.2) is 31.2 Å². The van der Waals surface area contributed by atoms with Crippen LogP contribution in [0.1, 0.15) is 42.4 Å². The Morgan fingerprint density at radius 2 is 2.00 bits per heavy atom. The number of benzene rings is 1. The molecule has 0 unspecified atom stereocenters. The highest BCUT2D eigenvalue weighted by Crippen LogP contribution is 2.34. The highest BCUT2D eigenvalue weighted by Gasteiger charge is 2.35. The first-order chi connectivity index (χ1) is 11.6. The number of rotatable bonds is 3.